The van der Waals surface area contributed by atoms with Crippen LogP contribution in [0.3, 0.4) is 0 Å². The lowest BCUT2D eigenvalue weighted by Gasteiger charge is -2.03. The molecule has 3 rings (SSSR count). The molecule has 0 saturated carbocycles. The van der Waals surface area contributed by atoms with Crippen LogP contribution >= 0.6 is 11.3 Å². The molecule has 7 heteroatoms. The van der Waals surface area contributed by atoms with Crippen LogP contribution in [0.4, 0.5) is 5.13 Å². The van der Waals surface area contributed by atoms with Crippen LogP contribution in [0, 0.1) is 6.92 Å². The Morgan fingerprint density at radius 1 is 1.12 bits per heavy atom. The van der Waals surface area contributed by atoms with Crippen LogP contribution < -0.4 is 5.32 Å². The third kappa shape index (κ3) is 4.12. The second-order valence-electron chi connectivity index (χ2n) is 5.66. The Hall–Kier alpha value is -2.51. The number of aryl methyl sites for hydroxylation is 1. The maximum absolute atomic E-state index is 12.3. The summed E-state index contributed by atoms with van der Waals surface area (Å²) in [6.07, 6.45) is 1.17. The highest BCUT2D eigenvalue weighted by atomic mass is 32.2. The molecule has 0 aliphatic carbocycles. The Labute approximate surface area is 150 Å². The number of amides is 1. The molecular weight excluding hydrogens is 356 g/mol. The van der Waals surface area contributed by atoms with E-state index < -0.39 is 9.84 Å². The molecule has 5 nitrogen and oxygen atoms in total. The van der Waals surface area contributed by atoms with Gasteiger partial charge in [0.25, 0.3) is 5.91 Å². The van der Waals surface area contributed by atoms with Crippen molar-refractivity contribution in [1.82, 2.24) is 4.98 Å². The van der Waals surface area contributed by atoms with Crippen molar-refractivity contribution in [2.24, 2.45) is 0 Å². The highest BCUT2D eigenvalue weighted by molar-refractivity contribution is 7.90. The van der Waals surface area contributed by atoms with Gasteiger partial charge in [-0.05, 0) is 31.2 Å². The number of hydrogen-bond donors (Lipinski definition) is 1. The van der Waals surface area contributed by atoms with Crippen molar-refractivity contribution < 1.29 is 13.2 Å². The number of carbonyl (C=O) groups excluding carboxylic acids is 1. The Kier molecular flexibility index (Phi) is 4.69. The molecule has 0 fully saturated rings. The molecular formula is C18H16N2O3S2. The molecule has 0 atom stereocenters. The van der Waals surface area contributed by atoms with Crippen LogP contribution in [0.25, 0.3) is 11.3 Å². The van der Waals surface area contributed by atoms with Crippen molar-refractivity contribution in [2.45, 2.75) is 11.8 Å². The molecule has 3 aromatic rings. The van der Waals surface area contributed by atoms with Crippen molar-refractivity contribution in [3.05, 3.63) is 65.0 Å². The first-order valence-corrected chi connectivity index (χ1v) is 10.2. The Bertz CT molecular complexity index is 1020. The third-order valence-corrected chi connectivity index (χ3v) is 5.47. The first-order valence-electron chi connectivity index (χ1n) is 7.47. The maximum atomic E-state index is 12.3. The number of anilines is 1. The van der Waals surface area contributed by atoms with Crippen LogP contribution in [-0.2, 0) is 9.84 Å². The average molecular weight is 372 g/mol. The topological polar surface area (TPSA) is 76.1 Å². The fraction of sp³-hybridized carbons (Fsp3) is 0.111. The van der Waals surface area contributed by atoms with E-state index in [1.165, 1.54) is 17.6 Å². The standard InChI is InChI=1S/C18H16N2O3S2/c1-12-4-3-5-14(10-12)17(21)20-18-19-16(11-24-18)13-6-8-15(9-7-13)25(2,22)23/h3-11H,1-2H3,(H,19,20,21). The predicted octanol–water partition coefficient (Wildman–Crippen LogP) is 3.77. The van der Waals surface area contributed by atoms with E-state index in [2.05, 4.69) is 10.3 Å². The van der Waals surface area contributed by atoms with E-state index in [0.29, 0.717) is 16.4 Å². The van der Waals surface area contributed by atoms with E-state index in [1.807, 2.05) is 30.5 Å². The highest BCUT2D eigenvalue weighted by Gasteiger charge is 2.11. The number of nitrogens with zero attached hydrogens (tertiary/aromatic N) is 1. The van der Waals surface area contributed by atoms with Crippen molar-refractivity contribution in [3.63, 3.8) is 0 Å². The van der Waals surface area contributed by atoms with Gasteiger partial charge in [0.15, 0.2) is 15.0 Å². The maximum Gasteiger partial charge on any atom is 0.257 e. The molecule has 1 amide bonds. The number of thiazole rings is 1. The lowest BCUT2D eigenvalue weighted by atomic mass is 10.1. The predicted molar refractivity (Wildman–Crippen MR) is 99.8 cm³/mol. The molecule has 25 heavy (non-hydrogen) atoms. The molecule has 0 saturated heterocycles. The van der Waals surface area contributed by atoms with Crippen LogP contribution in [0.2, 0.25) is 0 Å². The van der Waals surface area contributed by atoms with Crippen molar-refractivity contribution >= 4 is 32.2 Å². The normalized spacial score (nSPS) is 11.3. The quantitative estimate of drug-likeness (QED) is 0.756. The molecule has 0 aliphatic heterocycles. The molecule has 0 bridgehead atoms. The first kappa shape index (κ1) is 17.3. The SMILES string of the molecule is Cc1cccc(C(=O)Nc2nc(-c3ccc(S(C)(=O)=O)cc3)cs2)c1. The largest absolute Gasteiger partial charge is 0.298 e. The Balaban J connectivity index is 1.77. The second-order valence-corrected chi connectivity index (χ2v) is 8.53. The van der Waals surface area contributed by atoms with E-state index in [9.17, 15) is 13.2 Å². The minimum absolute atomic E-state index is 0.211. The number of rotatable bonds is 4. The van der Waals surface area contributed by atoms with Gasteiger partial charge in [-0.2, -0.15) is 0 Å². The zero-order chi connectivity index (χ0) is 18.0. The lowest BCUT2D eigenvalue weighted by molar-refractivity contribution is 0.102. The summed E-state index contributed by atoms with van der Waals surface area (Å²) in [7, 11) is -3.22. The minimum atomic E-state index is -3.22. The highest BCUT2D eigenvalue weighted by Crippen LogP contribution is 2.26. The number of hydrogen-bond acceptors (Lipinski definition) is 5. The van der Waals surface area contributed by atoms with Gasteiger partial charge in [-0.25, -0.2) is 13.4 Å². The monoisotopic (exact) mass is 372 g/mol. The van der Waals surface area contributed by atoms with Gasteiger partial charge >= 0.3 is 0 Å². The summed E-state index contributed by atoms with van der Waals surface area (Å²) < 4.78 is 23.0. The van der Waals surface area contributed by atoms with E-state index in [0.717, 1.165) is 11.1 Å². The van der Waals surface area contributed by atoms with Gasteiger partial charge in [0.1, 0.15) is 0 Å². The molecule has 128 valence electrons. The summed E-state index contributed by atoms with van der Waals surface area (Å²) in [5, 5.41) is 5.10. The minimum Gasteiger partial charge on any atom is -0.298 e. The molecule has 0 radical (unpaired) electrons. The molecule has 0 unspecified atom stereocenters. The van der Waals surface area contributed by atoms with Gasteiger partial charge in [-0.3, -0.25) is 10.1 Å². The number of carbonyl (C=O) groups is 1. The summed E-state index contributed by atoms with van der Waals surface area (Å²) in [6.45, 7) is 1.93. The van der Waals surface area contributed by atoms with E-state index in [1.54, 1.807) is 30.3 Å². The lowest BCUT2D eigenvalue weighted by Crippen LogP contribution is -2.11. The van der Waals surface area contributed by atoms with Gasteiger partial charge < -0.3 is 0 Å². The van der Waals surface area contributed by atoms with Crippen molar-refractivity contribution in [3.8, 4) is 11.3 Å². The molecule has 0 aliphatic rings. The van der Waals surface area contributed by atoms with E-state index in [4.69, 9.17) is 0 Å². The number of benzene rings is 2. The zero-order valence-electron chi connectivity index (χ0n) is 13.7. The fourth-order valence-corrected chi connectivity index (χ4v) is 3.64. The first-order chi connectivity index (χ1) is 11.8. The Morgan fingerprint density at radius 2 is 1.84 bits per heavy atom. The smallest absolute Gasteiger partial charge is 0.257 e. The van der Waals surface area contributed by atoms with Crippen molar-refractivity contribution in [1.29, 1.82) is 0 Å². The summed E-state index contributed by atoms with van der Waals surface area (Å²) in [5.41, 5.74) is 3.07. The van der Waals surface area contributed by atoms with Crippen LogP contribution in [0.1, 0.15) is 15.9 Å². The molecule has 1 heterocycles. The fourth-order valence-electron chi connectivity index (χ4n) is 2.29. The molecule has 1 N–H and O–H groups in total. The summed E-state index contributed by atoms with van der Waals surface area (Å²) in [4.78, 5) is 16.9. The van der Waals surface area contributed by atoms with Gasteiger partial charge in [-0.15, -0.1) is 11.3 Å². The van der Waals surface area contributed by atoms with Gasteiger partial charge in [-0.1, -0.05) is 29.8 Å². The van der Waals surface area contributed by atoms with Gasteiger partial charge in [0.2, 0.25) is 0 Å². The number of aromatic nitrogens is 1. The molecule has 2 aromatic carbocycles. The van der Waals surface area contributed by atoms with Crippen LogP contribution in [0.15, 0.2) is 58.8 Å². The van der Waals surface area contributed by atoms with Gasteiger partial charge in [0, 0.05) is 22.8 Å². The number of sulfone groups is 1. The van der Waals surface area contributed by atoms with E-state index in [-0.39, 0.29) is 10.8 Å². The molecule has 0 spiro atoms. The zero-order valence-corrected chi connectivity index (χ0v) is 15.3. The Morgan fingerprint density at radius 3 is 2.48 bits per heavy atom. The van der Waals surface area contributed by atoms with E-state index >= 15 is 0 Å². The molecule has 1 aromatic heterocycles. The van der Waals surface area contributed by atoms with Gasteiger partial charge in [0.05, 0.1) is 10.6 Å². The number of nitrogens with one attached hydrogen (secondary N) is 1. The third-order valence-electron chi connectivity index (χ3n) is 3.58. The average Bonchev–Trinajstić information content (AvgIpc) is 3.02. The van der Waals surface area contributed by atoms with Crippen molar-refractivity contribution in [2.75, 3.05) is 11.6 Å². The van der Waals surface area contributed by atoms with Crippen LogP contribution in [-0.4, -0.2) is 25.6 Å². The summed E-state index contributed by atoms with van der Waals surface area (Å²) >= 11 is 1.32. The summed E-state index contributed by atoms with van der Waals surface area (Å²) in [5.74, 6) is -0.211. The second kappa shape index (κ2) is 6.78. The van der Waals surface area contributed by atoms with Crippen LogP contribution in [0.5, 0.6) is 0 Å². The summed E-state index contributed by atoms with van der Waals surface area (Å²) in [6, 6.07) is 13.8.